The van der Waals surface area contributed by atoms with Gasteiger partial charge in [0.25, 0.3) is 5.91 Å². The lowest BCUT2D eigenvalue weighted by Crippen LogP contribution is -2.26. The quantitative estimate of drug-likeness (QED) is 0.460. The number of aromatic nitrogens is 4. The molecule has 0 aromatic carbocycles. The number of anilines is 1. The monoisotopic (exact) mass is 528 g/mol. The van der Waals surface area contributed by atoms with Gasteiger partial charge in [0, 0.05) is 18.7 Å². The summed E-state index contributed by atoms with van der Waals surface area (Å²) in [7, 11) is 0. The molecule has 0 atom stereocenters. The van der Waals surface area contributed by atoms with Gasteiger partial charge in [0.05, 0.1) is 28.7 Å². The number of hydrogen-bond donors (Lipinski definition) is 2. The molecule has 1 aliphatic carbocycles. The summed E-state index contributed by atoms with van der Waals surface area (Å²) in [6, 6.07) is 3.38. The lowest BCUT2D eigenvalue weighted by Gasteiger charge is -2.08. The maximum Gasteiger partial charge on any atom is 0.436 e. The number of halogens is 4. The summed E-state index contributed by atoms with van der Waals surface area (Å²) < 4.78 is 47.5. The topological polar surface area (TPSA) is 107 Å². The van der Waals surface area contributed by atoms with Crippen LogP contribution in [0.3, 0.4) is 0 Å². The zero-order valence-electron chi connectivity index (χ0n) is 17.4. The van der Waals surface area contributed by atoms with Gasteiger partial charge in [-0.05, 0) is 47.8 Å². The van der Waals surface area contributed by atoms with Crippen molar-refractivity contribution in [1.29, 1.82) is 0 Å². The summed E-state index contributed by atoms with van der Waals surface area (Å²) in [5, 5.41) is 13.0. The molecule has 0 spiro atoms. The molecule has 0 saturated heterocycles. The van der Waals surface area contributed by atoms with E-state index in [2.05, 4.69) is 36.8 Å². The Balaban J connectivity index is 1.51. The van der Waals surface area contributed by atoms with Gasteiger partial charge in [-0.25, -0.2) is 0 Å². The van der Waals surface area contributed by atoms with E-state index in [4.69, 9.17) is 4.42 Å². The van der Waals surface area contributed by atoms with E-state index in [-0.39, 0.29) is 28.3 Å². The molecule has 0 unspecified atom stereocenters. The first kappa shape index (κ1) is 23.1. The zero-order chi connectivity index (χ0) is 23.8. The van der Waals surface area contributed by atoms with Crippen LogP contribution in [0.2, 0.25) is 0 Å². The van der Waals surface area contributed by atoms with Crippen molar-refractivity contribution in [2.45, 2.75) is 51.5 Å². The number of aryl methyl sites for hydroxylation is 1. The molecule has 33 heavy (non-hydrogen) atoms. The van der Waals surface area contributed by atoms with Crippen molar-refractivity contribution >= 4 is 33.4 Å². The summed E-state index contributed by atoms with van der Waals surface area (Å²) in [6.07, 6.45) is -0.223. The Labute approximate surface area is 194 Å². The first-order valence-corrected chi connectivity index (χ1v) is 11.0. The molecule has 2 N–H and O–H groups in total. The third kappa shape index (κ3) is 5.13. The summed E-state index contributed by atoms with van der Waals surface area (Å²) in [4.78, 5) is 25.3. The third-order valence-corrected chi connectivity index (χ3v) is 5.82. The zero-order valence-corrected chi connectivity index (χ0v) is 19.0. The van der Waals surface area contributed by atoms with Crippen LogP contribution in [0.1, 0.15) is 53.3 Å². The fraction of sp³-hybridized carbons (Fsp3) is 0.400. The first-order chi connectivity index (χ1) is 15.7. The van der Waals surface area contributed by atoms with Crippen LogP contribution >= 0.6 is 15.9 Å². The molecule has 3 aromatic heterocycles. The summed E-state index contributed by atoms with van der Waals surface area (Å²) in [5.41, 5.74) is -0.585. The summed E-state index contributed by atoms with van der Waals surface area (Å²) in [5.74, 6) is -0.701. The fourth-order valence-corrected chi connectivity index (χ4v) is 4.17. The van der Waals surface area contributed by atoms with E-state index < -0.39 is 30.2 Å². The summed E-state index contributed by atoms with van der Waals surface area (Å²) in [6.45, 7) is 1.95. The lowest BCUT2D eigenvalue weighted by molar-refractivity contribution is -0.142. The second-order valence-corrected chi connectivity index (χ2v) is 8.33. The maximum atomic E-state index is 13.3. The molecule has 1 aliphatic rings. The first-order valence-electron chi connectivity index (χ1n) is 10.2. The minimum Gasteiger partial charge on any atom is -0.467 e. The molecule has 2 amide bonds. The number of nitrogens with one attached hydrogen (secondary N) is 2. The normalized spacial score (nSPS) is 13.8. The van der Waals surface area contributed by atoms with Crippen LogP contribution in [0.5, 0.6) is 0 Å². The average Bonchev–Trinajstić information content (AvgIpc) is 3.15. The molecular weight excluding hydrogens is 509 g/mol. The minimum absolute atomic E-state index is 0.0169. The van der Waals surface area contributed by atoms with E-state index in [1.165, 1.54) is 17.1 Å². The van der Waals surface area contributed by atoms with Gasteiger partial charge in [0.15, 0.2) is 11.4 Å². The molecule has 176 valence electrons. The molecule has 0 bridgehead atoms. The highest BCUT2D eigenvalue weighted by molar-refractivity contribution is 9.10. The summed E-state index contributed by atoms with van der Waals surface area (Å²) >= 11 is 3.00. The van der Waals surface area contributed by atoms with Crippen molar-refractivity contribution in [2.75, 3.05) is 5.32 Å². The highest BCUT2D eigenvalue weighted by Gasteiger charge is 2.42. The molecule has 13 heteroatoms. The number of amides is 2. The van der Waals surface area contributed by atoms with Crippen molar-refractivity contribution < 1.29 is 27.2 Å². The van der Waals surface area contributed by atoms with Gasteiger partial charge >= 0.3 is 6.18 Å². The van der Waals surface area contributed by atoms with E-state index >= 15 is 0 Å². The van der Waals surface area contributed by atoms with Crippen molar-refractivity contribution in [3.63, 3.8) is 0 Å². The number of alkyl halides is 3. The van der Waals surface area contributed by atoms with Crippen LogP contribution in [0.15, 0.2) is 33.5 Å². The van der Waals surface area contributed by atoms with Crippen LogP contribution in [-0.4, -0.2) is 31.4 Å². The van der Waals surface area contributed by atoms with Crippen molar-refractivity contribution in [3.8, 4) is 0 Å². The Kier molecular flexibility index (Phi) is 6.32. The van der Waals surface area contributed by atoms with Crippen LogP contribution in [0.25, 0.3) is 0 Å². The highest BCUT2D eigenvalue weighted by atomic mass is 79.9. The molecule has 1 fully saturated rings. The minimum atomic E-state index is -4.65. The predicted octanol–water partition coefficient (Wildman–Crippen LogP) is 3.92. The lowest BCUT2D eigenvalue weighted by atomic mass is 10.2. The number of carbonyl (C=O) groups excluding carboxylic acids is 2. The molecular formula is C20H20BrF3N6O3. The number of carbonyl (C=O) groups is 2. The Morgan fingerprint density at radius 1 is 1.30 bits per heavy atom. The number of rotatable bonds is 8. The van der Waals surface area contributed by atoms with Gasteiger partial charge < -0.3 is 15.1 Å². The van der Waals surface area contributed by atoms with E-state index in [0.717, 1.165) is 17.5 Å². The number of hydrogen-bond acceptors (Lipinski definition) is 5. The van der Waals surface area contributed by atoms with Gasteiger partial charge in [0.1, 0.15) is 12.3 Å². The maximum absolute atomic E-state index is 13.3. The highest BCUT2D eigenvalue weighted by Crippen LogP contribution is 2.46. The average molecular weight is 529 g/mol. The van der Waals surface area contributed by atoms with Crippen LogP contribution < -0.4 is 10.6 Å². The van der Waals surface area contributed by atoms with E-state index in [1.54, 1.807) is 12.1 Å². The number of furan rings is 1. The fourth-order valence-electron chi connectivity index (χ4n) is 3.33. The molecule has 3 aromatic rings. The van der Waals surface area contributed by atoms with E-state index in [0.29, 0.717) is 18.0 Å². The van der Waals surface area contributed by atoms with Crippen molar-refractivity contribution in [2.24, 2.45) is 0 Å². The van der Waals surface area contributed by atoms with Crippen LogP contribution in [0, 0.1) is 0 Å². The smallest absolute Gasteiger partial charge is 0.436 e. The largest absolute Gasteiger partial charge is 0.467 e. The standard InChI is InChI=1S/C20H20BrF3N6O3/c1-2-29-9-13(16(27-29)19(32)25-8-12-4-3-7-33-12)26-14(31)10-30-17(11-5-6-11)15(21)18(28-30)20(22,23)24/h3-4,7,9,11H,2,5-6,8,10H2,1H3,(H,25,32)(H,26,31). The number of nitrogens with zero attached hydrogens (tertiary/aromatic N) is 4. The Morgan fingerprint density at radius 2 is 2.06 bits per heavy atom. The Hall–Kier alpha value is -3.09. The van der Waals surface area contributed by atoms with Crippen LogP contribution in [0.4, 0.5) is 18.9 Å². The van der Waals surface area contributed by atoms with Gasteiger partial charge in [0.2, 0.25) is 5.91 Å². The van der Waals surface area contributed by atoms with Gasteiger partial charge in [-0.15, -0.1) is 0 Å². The van der Waals surface area contributed by atoms with E-state index in [1.807, 2.05) is 6.92 Å². The molecule has 9 nitrogen and oxygen atoms in total. The van der Waals surface area contributed by atoms with Crippen LogP contribution in [-0.2, 0) is 30.6 Å². The molecule has 0 aliphatic heterocycles. The second-order valence-electron chi connectivity index (χ2n) is 7.53. The predicted molar refractivity (Wildman–Crippen MR) is 113 cm³/mol. The Morgan fingerprint density at radius 3 is 2.67 bits per heavy atom. The molecule has 0 radical (unpaired) electrons. The van der Waals surface area contributed by atoms with Gasteiger partial charge in [-0.3, -0.25) is 19.0 Å². The molecule has 4 rings (SSSR count). The third-order valence-electron chi connectivity index (χ3n) is 5.04. The molecule has 1 saturated carbocycles. The van der Waals surface area contributed by atoms with Gasteiger partial charge in [-0.1, -0.05) is 0 Å². The van der Waals surface area contributed by atoms with Crippen molar-refractivity contribution in [1.82, 2.24) is 24.9 Å². The SMILES string of the molecule is CCn1cc(NC(=O)Cn2nc(C(F)(F)F)c(Br)c2C2CC2)c(C(=O)NCc2ccco2)n1. The second kappa shape index (κ2) is 9.04. The van der Waals surface area contributed by atoms with Crippen molar-refractivity contribution in [3.05, 3.63) is 51.9 Å². The Bertz CT molecular complexity index is 1160. The van der Waals surface area contributed by atoms with E-state index in [9.17, 15) is 22.8 Å². The van der Waals surface area contributed by atoms with Gasteiger partial charge in [-0.2, -0.15) is 23.4 Å². The molecule has 3 heterocycles.